The summed E-state index contributed by atoms with van der Waals surface area (Å²) in [6, 6.07) is 0. The van der Waals surface area contributed by atoms with Crippen LogP contribution in [0.4, 0.5) is 0 Å². The molecule has 0 amide bonds. The standard InChI is InChI=1S/C9H10Cl3NO3/c1-3-16-9(15)5(4(2)13)7(14)6(10)8(11)12/h13-14H,3H2,1-2H3/b7-5-,13-4?. The molecule has 0 rings (SSSR count). The van der Waals surface area contributed by atoms with Gasteiger partial charge in [-0.1, -0.05) is 34.8 Å². The summed E-state index contributed by atoms with van der Waals surface area (Å²) in [6.45, 7) is 3.01. The van der Waals surface area contributed by atoms with E-state index in [2.05, 4.69) is 4.74 Å². The molecule has 0 unspecified atom stereocenters. The first-order valence-corrected chi connectivity index (χ1v) is 5.33. The Labute approximate surface area is 108 Å². The quantitative estimate of drug-likeness (QED) is 0.274. The molecule has 2 N–H and O–H groups in total. The van der Waals surface area contributed by atoms with Crippen LogP contribution in [0.15, 0.2) is 20.9 Å². The predicted molar refractivity (Wildman–Crippen MR) is 64.3 cm³/mol. The summed E-state index contributed by atoms with van der Waals surface area (Å²) in [5.74, 6) is -1.53. The number of ether oxygens (including phenoxy) is 1. The van der Waals surface area contributed by atoms with E-state index in [9.17, 15) is 9.90 Å². The molecule has 0 radical (unpaired) electrons. The molecule has 0 saturated carbocycles. The van der Waals surface area contributed by atoms with Gasteiger partial charge in [0.15, 0.2) is 5.76 Å². The molecule has 90 valence electrons. The Bertz CT molecular complexity index is 370. The number of nitrogens with one attached hydrogen (secondary N) is 1. The lowest BCUT2D eigenvalue weighted by Crippen LogP contribution is -2.16. The van der Waals surface area contributed by atoms with Gasteiger partial charge in [-0.05, 0) is 13.8 Å². The van der Waals surface area contributed by atoms with E-state index >= 15 is 0 Å². The van der Waals surface area contributed by atoms with Crippen molar-refractivity contribution in [3.8, 4) is 0 Å². The molecular formula is C9H10Cl3NO3. The summed E-state index contributed by atoms with van der Waals surface area (Å²) in [5, 5.41) is 16.5. The highest BCUT2D eigenvalue weighted by atomic mass is 35.5. The van der Waals surface area contributed by atoms with E-state index in [1.165, 1.54) is 6.92 Å². The summed E-state index contributed by atoms with van der Waals surface area (Å²) in [6.07, 6.45) is 0. The van der Waals surface area contributed by atoms with Gasteiger partial charge < -0.3 is 15.3 Å². The van der Waals surface area contributed by atoms with Gasteiger partial charge >= 0.3 is 5.97 Å². The second-order valence-corrected chi connectivity index (χ2v) is 3.97. The maximum atomic E-state index is 11.4. The molecule has 7 heteroatoms. The molecule has 0 aliphatic heterocycles. The Hall–Kier alpha value is -0.710. The van der Waals surface area contributed by atoms with Gasteiger partial charge in [0.2, 0.25) is 0 Å². The summed E-state index contributed by atoms with van der Waals surface area (Å²) in [5.41, 5.74) is -0.575. The van der Waals surface area contributed by atoms with Gasteiger partial charge in [-0.3, -0.25) is 0 Å². The van der Waals surface area contributed by atoms with E-state index in [1.807, 2.05) is 0 Å². The second-order valence-electron chi connectivity index (χ2n) is 2.64. The van der Waals surface area contributed by atoms with E-state index in [4.69, 9.17) is 40.2 Å². The van der Waals surface area contributed by atoms with Crippen LogP contribution in [0, 0.1) is 5.41 Å². The number of rotatable bonds is 4. The molecule has 4 nitrogen and oxygen atoms in total. The van der Waals surface area contributed by atoms with Gasteiger partial charge in [-0.2, -0.15) is 0 Å². The molecular weight excluding hydrogens is 276 g/mol. The molecule has 0 bridgehead atoms. The highest BCUT2D eigenvalue weighted by Crippen LogP contribution is 2.26. The SMILES string of the molecule is CCOC(=O)/C(C(C)=N)=C(\O)C(Cl)=C(Cl)Cl. The fourth-order valence-corrected chi connectivity index (χ4v) is 1.10. The van der Waals surface area contributed by atoms with E-state index < -0.39 is 21.3 Å². The normalized spacial score (nSPS) is 11.6. The minimum Gasteiger partial charge on any atom is -0.505 e. The average Bonchev–Trinajstić information content (AvgIpc) is 2.16. The number of halogens is 3. The van der Waals surface area contributed by atoms with Crippen molar-refractivity contribution in [3.05, 3.63) is 20.9 Å². The Morgan fingerprint density at radius 2 is 1.88 bits per heavy atom. The second kappa shape index (κ2) is 6.78. The molecule has 0 saturated heterocycles. The highest BCUT2D eigenvalue weighted by Gasteiger charge is 2.21. The van der Waals surface area contributed by atoms with E-state index in [-0.39, 0.29) is 17.9 Å². The molecule has 16 heavy (non-hydrogen) atoms. The molecule has 0 aromatic carbocycles. The lowest BCUT2D eigenvalue weighted by molar-refractivity contribution is -0.138. The van der Waals surface area contributed by atoms with E-state index in [0.717, 1.165) is 0 Å². The Morgan fingerprint density at radius 1 is 1.38 bits per heavy atom. The van der Waals surface area contributed by atoms with E-state index in [1.54, 1.807) is 6.92 Å². The number of esters is 1. The summed E-state index contributed by atoms with van der Waals surface area (Å²) < 4.78 is 4.25. The monoisotopic (exact) mass is 285 g/mol. The smallest absolute Gasteiger partial charge is 0.343 e. The topological polar surface area (TPSA) is 70.4 Å². The zero-order valence-corrected chi connectivity index (χ0v) is 10.9. The van der Waals surface area contributed by atoms with Gasteiger partial charge in [-0.15, -0.1) is 0 Å². The number of aliphatic hydroxyl groups excluding tert-OH is 1. The minimum atomic E-state index is -0.861. The van der Waals surface area contributed by atoms with Crippen LogP contribution in [0.3, 0.4) is 0 Å². The Morgan fingerprint density at radius 3 is 2.19 bits per heavy atom. The van der Waals surface area contributed by atoms with Crippen molar-refractivity contribution in [3.63, 3.8) is 0 Å². The van der Waals surface area contributed by atoms with Gasteiger partial charge in [-0.25, -0.2) is 4.79 Å². The molecule has 0 aromatic heterocycles. The van der Waals surface area contributed by atoms with Crippen molar-refractivity contribution in [1.29, 1.82) is 5.41 Å². The lowest BCUT2D eigenvalue weighted by Gasteiger charge is -2.08. The van der Waals surface area contributed by atoms with Gasteiger partial charge in [0.1, 0.15) is 15.1 Å². The Kier molecular flexibility index (Phi) is 6.48. The number of allylic oxidation sites excluding steroid dienone is 1. The molecule has 0 fully saturated rings. The number of carbonyl (C=O) groups excluding carboxylic acids is 1. The van der Waals surface area contributed by atoms with Crippen LogP contribution in [0.25, 0.3) is 0 Å². The van der Waals surface area contributed by atoms with Gasteiger partial charge in [0, 0.05) is 5.71 Å². The first kappa shape index (κ1) is 15.3. The number of carbonyl (C=O) groups is 1. The third-order valence-electron chi connectivity index (χ3n) is 1.47. The maximum Gasteiger partial charge on any atom is 0.343 e. The zero-order chi connectivity index (χ0) is 12.9. The molecule has 0 atom stereocenters. The van der Waals surface area contributed by atoms with Crippen LogP contribution in [0.2, 0.25) is 0 Å². The van der Waals surface area contributed by atoms with Crippen molar-refractivity contribution in [2.45, 2.75) is 13.8 Å². The minimum absolute atomic E-state index is 0.110. The van der Waals surface area contributed by atoms with Crippen LogP contribution >= 0.6 is 34.8 Å². The number of aliphatic hydroxyl groups is 1. The van der Waals surface area contributed by atoms with Crippen molar-refractivity contribution in [2.24, 2.45) is 0 Å². The predicted octanol–water partition coefficient (Wildman–Crippen LogP) is 3.29. The third kappa shape index (κ3) is 4.04. The number of hydrogen-bond acceptors (Lipinski definition) is 4. The fourth-order valence-electron chi connectivity index (χ4n) is 0.830. The molecule has 0 aromatic rings. The Balaban J connectivity index is 5.51. The van der Waals surface area contributed by atoms with Crippen molar-refractivity contribution in [2.75, 3.05) is 6.61 Å². The van der Waals surface area contributed by atoms with Crippen LogP contribution in [0.1, 0.15) is 13.8 Å². The van der Waals surface area contributed by atoms with Gasteiger partial charge in [0.25, 0.3) is 0 Å². The van der Waals surface area contributed by atoms with Crippen molar-refractivity contribution >= 4 is 46.5 Å². The number of hydrogen-bond donors (Lipinski definition) is 2. The molecule has 0 aliphatic rings. The molecule has 0 heterocycles. The summed E-state index contributed by atoms with van der Waals surface area (Å²) in [4.78, 5) is 11.4. The highest BCUT2D eigenvalue weighted by molar-refractivity contribution is 6.60. The summed E-state index contributed by atoms with van der Waals surface area (Å²) >= 11 is 16.3. The molecule has 0 spiro atoms. The van der Waals surface area contributed by atoms with Crippen LogP contribution in [-0.2, 0) is 9.53 Å². The lowest BCUT2D eigenvalue weighted by atomic mass is 10.1. The van der Waals surface area contributed by atoms with Crippen LogP contribution < -0.4 is 0 Å². The van der Waals surface area contributed by atoms with E-state index in [0.29, 0.717) is 0 Å². The first-order valence-electron chi connectivity index (χ1n) is 4.19. The average molecular weight is 287 g/mol. The van der Waals surface area contributed by atoms with Crippen molar-refractivity contribution in [1.82, 2.24) is 0 Å². The summed E-state index contributed by atoms with van der Waals surface area (Å²) in [7, 11) is 0. The van der Waals surface area contributed by atoms with Crippen LogP contribution in [-0.4, -0.2) is 23.4 Å². The molecule has 0 aliphatic carbocycles. The van der Waals surface area contributed by atoms with Crippen molar-refractivity contribution < 1.29 is 14.6 Å². The first-order chi connectivity index (χ1) is 7.32. The third-order valence-corrected chi connectivity index (χ3v) is 2.40. The zero-order valence-electron chi connectivity index (χ0n) is 8.60. The fraction of sp³-hybridized carbons (Fsp3) is 0.333. The van der Waals surface area contributed by atoms with Gasteiger partial charge in [0.05, 0.1) is 6.61 Å². The maximum absolute atomic E-state index is 11.4. The largest absolute Gasteiger partial charge is 0.505 e. The van der Waals surface area contributed by atoms with Crippen LogP contribution in [0.5, 0.6) is 0 Å².